The molecular formula is C8H15NO2. The molecule has 0 atom stereocenters. The average molecular weight is 157 g/mol. The summed E-state index contributed by atoms with van der Waals surface area (Å²) < 4.78 is 0. The van der Waals surface area contributed by atoms with Crippen molar-refractivity contribution in [3.05, 3.63) is 11.1 Å². The van der Waals surface area contributed by atoms with E-state index >= 15 is 0 Å². The van der Waals surface area contributed by atoms with E-state index in [2.05, 4.69) is 0 Å². The van der Waals surface area contributed by atoms with Crippen LogP contribution >= 0.6 is 0 Å². The van der Waals surface area contributed by atoms with Crippen molar-refractivity contribution >= 4 is 5.91 Å². The van der Waals surface area contributed by atoms with Crippen molar-refractivity contribution < 1.29 is 9.90 Å². The van der Waals surface area contributed by atoms with E-state index < -0.39 is 5.91 Å². The first-order valence-corrected chi connectivity index (χ1v) is 3.72. The molecule has 0 radical (unpaired) electrons. The number of rotatable bonds is 4. The molecule has 64 valence electrons. The number of primary amides is 1. The van der Waals surface area contributed by atoms with Crippen LogP contribution in [0.15, 0.2) is 11.1 Å². The minimum absolute atomic E-state index is 0.0669. The van der Waals surface area contributed by atoms with Gasteiger partial charge in [-0.05, 0) is 18.9 Å². The number of nitrogens with two attached hydrogens (primary N) is 1. The molecular weight excluding hydrogens is 142 g/mol. The molecule has 3 N–H and O–H groups in total. The molecule has 3 nitrogen and oxygen atoms in total. The molecule has 0 aromatic carbocycles. The van der Waals surface area contributed by atoms with Crippen molar-refractivity contribution in [1.29, 1.82) is 0 Å². The Balaban J connectivity index is 4.39. The third-order valence-electron chi connectivity index (χ3n) is 1.64. The number of hydrogen-bond donors (Lipinski definition) is 2. The van der Waals surface area contributed by atoms with Gasteiger partial charge < -0.3 is 10.8 Å². The van der Waals surface area contributed by atoms with Crippen molar-refractivity contribution in [3.63, 3.8) is 0 Å². The summed E-state index contributed by atoms with van der Waals surface area (Å²) in [6.07, 6.45) is 1.66. The van der Waals surface area contributed by atoms with Crippen LogP contribution < -0.4 is 5.73 Å². The lowest BCUT2D eigenvalue weighted by molar-refractivity contribution is -0.114. The molecule has 0 aliphatic carbocycles. The highest BCUT2D eigenvalue weighted by Crippen LogP contribution is 2.09. The number of hydrogen-bond acceptors (Lipinski definition) is 2. The van der Waals surface area contributed by atoms with Gasteiger partial charge in [-0.25, -0.2) is 0 Å². The minimum Gasteiger partial charge on any atom is -0.392 e. The lowest BCUT2D eigenvalue weighted by Crippen LogP contribution is -2.14. The van der Waals surface area contributed by atoms with Crippen LogP contribution in [-0.2, 0) is 4.79 Å². The first kappa shape index (κ1) is 10.2. The Morgan fingerprint density at radius 3 is 2.36 bits per heavy atom. The highest BCUT2D eigenvalue weighted by molar-refractivity contribution is 5.92. The third-order valence-corrected chi connectivity index (χ3v) is 1.64. The van der Waals surface area contributed by atoms with Crippen molar-refractivity contribution in [2.45, 2.75) is 26.7 Å². The van der Waals surface area contributed by atoms with Gasteiger partial charge in [-0.2, -0.15) is 0 Å². The van der Waals surface area contributed by atoms with Crippen molar-refractivity contribution in [2.24, 2.45) is 5.73 Å². The lowest BCUT2D eigenvalue weighted by atomic mass is 10.1. The second kappa shape index (κ2) is 4.91. The predicted molar refractivity (Wildman–Crippen MR) is 43.9 cm³/mol. The maximum absolute atomic E-state index is 10.6. The normalized spacial score (nSPS) is 12.6. The zero-order valence-electron chi connectivity index (χ0n) is 7.05. The van der Waals surface area contributed by atoms with Crippen LogP contribution in [0.25, 0.3) is 0 Å². The van der Waals surface area contributed by atoms with E-state index in [1.807, 2.05) is 6.92 Å². The van der Waals surface area contributed by atoms with Gasteiger partial charge >= 0.3 is 0 Å². The van der Waals surface area contributed by atoms with Crippen LogP contribution in [0.5, 0.6) is 0 Å². The number of aliphatic hydroxyl groups excluding tert-OH is 1. The fourth-order valence-electron chi connectivity index (χ4n) is 0.861. The van der Waals surface area contributed by atoms with Gasteiger partial charge in [0.2, 0.25) is 5.91 Å². The maximum Gasteiger partial charge on any atom is 0.244 e. The molecule has 3 heteroatoms. The van der Waals surface area contributed by atoms with Crippen LogP contribution in [-0.4, -0.2) is 17.6 Å². The molecule has 0 rings (SSSR count). The van der Waals surface area contributed by atoms with Crippen LogP contribution in [0.3, 0.4) is 0 Å². The van der Waals surface area contributed by atoms with Crippen molar-refractivity contribution in [2.75, 3.05) is 6.61 Å². The van der Waals surface area contributed by atoms with E-state index in [0.717, 1.165) is 18.4 Å². The van der Waals surface area contributed by atoms with E-state index in [-0.39, 0.29) is 6.61 Å². The lowest BCUT2D eigenvalue weighted by Gasteiger charge is -2.04. The van der Waals surface area contributed by atoms with E-state index in [1.165, 1.54) is 0 Å². The first-order chi connectivity index (χ1) is 5.13. The van der Waals surface area contributed by atoms with Crippen LogP contribution in [0.2, 0.25) is 0 Å². The topological polar surface area (TPSA) is 63.3 Å². The molecule has 0 aromatic heterocycles. The first-order valence-electron chi connectivity index (χ1n) is 3.72. The van der Waals surface area contributed by atoms with Gasteiger partial charge in [0, 0.05) is 5.57 Å². The van der Waals surface area contributed by atoms with Gasteiger partial charge in [-0.3, -0.25) is 4.79 Å². The molecule has 0 saturated heterocycles. The molecule has 0 aliphatic rings. The Hall–Kier alpha value is -0.830. The molecule has 1 amide bonds. The number of carbonyl (C=O) groups is 1. The van der Waals surface area contributed by atoms with Gasteiger partial charge in [0.05, 0.1) is 6.61 Å². The highest BCUT2D eigenvalue weighted by Gasteiger charge is 2.04. The fraction of sp³-hybridized carbons (Fsp3) is 0.625. The Morgan fingerprint density at radius 1 is 1.55 bits per heavy atom. The second-order valence-electron chi connectivity index (χ2n) is 2.50. The molecule has 0 unspecified atom stereocenters. The highest BCUT2D eigenvalue weighted by atomic mass is 16.3. The molecule has 0 aromatic rings. The summed E-state index contributed by atoms with van der Waals surface area (Å²) in [6, 6.07) is 0. The zero-order chi connectivity index (χ0) is 8.85. The summed E-state index contributed by atoms with van der Waals surface area (Å²) in [4.78, 5) is 10.6. The monoisotopic (exact) mass is 157 g/mol. The van der Waals surface area contributed by atoms with Crippen molar-refractivity contribution in [3.8, 4) is 0 Å². The SMILES string of the molecule is CCC/C(CO)=C(/C)C(N)=O. The fourth-order valence-corrected chi connectivity index (χ4v) is 0.861. The predicted octanol–water partition coefficient (Wildman–Crippen LogP) is 0.581. The van der Waals surface area contributed by atoms with Crippen LogP contribution in [0.1, 0.15) is 26.7 Å². The summed E-state index contributed by atoms with van der Waals surface area (Å²) in [5.74, 6) is -0.442. The minimum atomic E-state index is -0.442. The molecule has 11 heavy (non-hydrogen) atoms. The zero-order valence-corrected chi connectivity index (χ0v) is 7.05. The summed E-state index contributed by atoms with van der Waals surface area (Å²) >= 11 is 0. The number of carbonyl (C=O) groups excluding carboxylic acids is 1. The van der Waals surface area contributed by atoms with E-state index in [9.17, 15) is 4.79 Å². The Labute approximate surface area is 66.9 Å². The van der Waals surface area contributed by atoms with Gasteiger partial charge in [-0.1, -0.05) is 13.3 Å². The van der Waals surface area contributed by atoms with E-state index in [4.69, 9.17) is 10.8 Å². The molecule has 0 aliphatic heterocycles. The molecule has 0 spiro atoms. The average Bonchev–Trinajstić information content (AvgIpc) is 1.98. The standard InChI is InChI=1S/C8H15NO2/c1-3-4-7(5-10)6(2)8(9)11/h10H,3-5H2,1-2H3,(H2,9,11)/b7-6+. The van der Waals surface area contributed by atoms with Crippen LogP contribution in [0, 0.1) is 0 Å². The van der Waals surface area contributed by atoms with Gasteiger partial charge in [-0.15, -0.1) is 0 Å². The molecule has 0 heterocycles. The van der Waals surface area contributed by atoms with Gasteiger partial charge in [0.15, 0.2) is 0 Å². The van der Waals surface area contributed by atoms with E-state index in [1.54, 1.807) is 6.92 Å². The third kappa shape index (κ3) is 3.18. The summed E-state index contributed by atoms with van der Waals surface area (Å²) in [7, 11) is 0. The molecule has 0 saturated carbocycles. The maximum atomic E-state index is 10.6. The van der Waals surface area contributed by atoms with E-state index in [0.29, 0.717) is 5.57 Å². The summed E-state index contributed by atoms with van der Waals surface area (Å²) in [6.45, 7) is 3.57. The Morgan fingerprint density at radius 2 is 2.09 bits per heavy atom. The summed E-state index contributed by atoms with van der Waals surface area (Å²) in [5.41, 5.74) is 6.28. The van der Waals surface area contributed by atoms with Gasteiger partial charge in [0.25, 0.3) is 0 Å². The molecule has 0 fully saturated rings. The summed E-state index contributed by atoms with van der Waals surface area (Å²) in [5, 5.41) is 8.81. The smallest absolute Gasteiger partial charge is 0.244 e. The Kier molecular flexibility index (Phi) is 4.54. The second-order valence-corrected chi connectivity index (χ2v) is 2.50. The van der Waals surface area contributed by atoms with Gasteiger partial charge in [0.1, 0.15) is 0 Å². The quantitative estimate of drug-likeness (QED) is 0.586. The largest absolute Gasteiger partial charge is 0.392 e. The molecule has 0 bridgehead atoms. The van der Waals surface area contributed by atoms with Crippen molar-refractivity contribution in [1.82, 2.24) is 0 Å². The van der Waals surface area contributed by atoms with Crippen LogP contribution in [0.4, 0.5) is 0 Å². The number of aliphatic hydroxyl groups is 1. The number of amides is 1. The Bertz CT molecular complexity index is 173.